The number of rotatable bonds is 7. The Hall–Kier alpha value is -0.360. The molecular formula is C11H18O4S2. The molecule has 1 fully saturated rings. The summed E-state index contributed by atoms with van der Waals surface area (Å²) in [4.78, 5) is 21.6. The van der Waals surface area contributed by atoms with Gasteiger partial charge in [-0.1, -0.05) is 28.0 Å². The molecule has 1 atom stereocenters. The van der Waals surface area contributed by atoms with Crippen LogP contribution in [0.1, 0.15) is 39.0 Å². The molecule has 0 spiro atoms. The van der Waals surface area contributed by atoms with Crippen LogP contribution in [0.3, 0.4) is 0 Å². The van der Waals surface area contributed by atoms with Gasteiger partial charge in [0.2, 0.25) is 6.79 Å². The van der Waals surface area contributed by atoms with E-state index >= 15 is 0 Å². The molecule has 1 saturated heterocycles. The van der Waals surface area contributed by atoms with E-state index < -0.39 is 5.97 Å². The summed E-state index contributed by atoms with van der Waals surface area (Å²) in [6.45, 7) is 1.02. The van der Waals surface area contributed by atoms with Crippen molar-refractivity contribution in [3.8, 4) is 0 Å². The minimum Gasteiger partial charge on any atom is -0.428 e. The standard InChI is InChI=1S/C11H18O4S2/c1-9(12)14-8-15-11(13)5-3-2-4-10-6-7-16-17-10/h10H,2-8H2,1H3. The van der Waals surface area contributed by atoms with E-state index in [4.69, 9.17) is 4.74 Å². The summed E-state index contributed by atoms with van der Waals surface area (Å²) in [5.41, 5.74) is 0. The van der Waals surface area contributed by atoms with Crippen molar-refractivity contribution in [1.82, 2.24) is 0 Å². The molecule has 0 N–H and O–H groups in total. The Kier molecular flexibility index (Phi) is 7.51. The molecule has 1 aliphatic rings. The molecule has 0 aromatic heterocycles. The number of hydrogen-bond acceptors (Lipinski definition) is 6. The van der Waals surface area contributed by atoms with Crippen LogP contribution in [0.5, 0.6) is 0 Å². The van der Waals surface area contributed by atoms with Crippen LogP contribution in [0.2, 0.25) is 0 Å². The van der Waals surface area contributed by atoms with Gasteiger partial charge in [0.25, 0.3) is 0 Å². The fourth-order valence-electron chi connectivity index (χ4n) is 1.46. The van der Waals surface area contributed by atoms with Crippen LogP contribution >= 0.6 is 21.6 Å². The molecular weight excluding hydrogens is 260 g/mol. The van der Waals surface area contributed by atoms with Crippen LogP contribution in [-0.2, 0) is 19.1 Å². The van der Waals surface area contributed by atoms with Crippen molar-refractivity contribution in [3.63, 3.8) is 0 Å². The second kappa shape index (κ2) is 8.69. The van der Waals surface area contributed by atoms with Crippen LogP contribution in [0.15, 0.2) is 0 Å². The van der Waals surface area contributed by atoms with E-state index in [-0.39, 0.29) is 12.8 Å². The third-order valence-corrected chi connectivity index (χ3v) is 5.37. The lowest BCUT2D eigenvalue weighted by Gasteiger charge is -2.07. The highest BCUT2D eigenvalue weighted by atomic mass is 33.1. The molecule has 1 aliphatic heterocycles. The summed E-state index contributed by atoms with van der Waals surface area (Å²) in [5, 5.41) is 0.761. The number of unbranched alkanes of at least 4 members (excludes halogenated alkanes) is 1. The molecule has 17 heavy (non-hydrogen) atoms. The predicted octanol–water partition coefficient (Wildman–Crippen LogP) is 2.76. The summed E-state index contributed by atoms with van der Waals surface area (Å²) in [5.74, 6) is 0.521. The average molecular weight is 278 g/mol. The van der Waals surface area contributed by atoms with Gasteiger partial charge in [0.15, 0.2) is 0 Å². The Morgan fingerprint density at radius 1 is 1.29 bits per heavy atom. The average Bonchev–Trinajstić information content (AvgIpc) is 2.76. The minimum atomic E-state index is -0.437. The first kappa shape index (κ1) is 14.7. The lowest BCUT2D eigenvalue weighted by Crippen LogP contribution is -2.10. The van der Waals surface area contributed by atoms with Crippen molar-refractivity contribution in [3.05, 3.63) is 0 Å². The maximum absolute atomic E-state index is 11.2. The number of esters is 2. The number of carbonyl (C=O) groups excluding carboxylic acids is 2. The van der Waals surface area contributed by atoms with Gasteiger partial charge in [0, 0.05) is 24.3 Å². The molecule has 1 rings (SSSR count). The second-order valence-corrected chi connectivity index (χ2v) is 6.63. The van der Waals surface area contributed by atoms with E-state index in [2.05, 4.69) is 4.74 Å². The maximum Gasteiger partial charge on any atom is 0.308 e. The largest absolute Gasteiger partial charge is 0.428 e. The first-order valence-electron chi connectivity index (χ1n) is 5.75. The highest BCUT2D eigenvalue weighted by Crippen LogP contribution is 2.39. The zero-order valence-corrected chi connectivity index (χ0v) is 11.6. The number of carbonyl (C=O) groups is 2. The smallest absolute Gasteiger partial charge is 0.308 e. The summed E-state index contributed by atoms with van der Waals surface area (Å²) in [6.07, 6.45) is 4.77. The second-order valence-electron chi connectivity index (χ2n) is 3.84. The lowest BCUT2D eigenvalue weighted by molar-refractivity contribution is -0.165. The summed E-state index contributed by atoms with van der Waals surface area (Å²) in [6, 6.07) is 0. The van der Waals surface area contributed by atoms with Gasteiger partial charge < -0.3 is 9.47 Å². The van der Waals surface area contributed by atoms with Gasteiger partial charge >= 0.3 is 11.9 Å². The third kappa shape index (κ3) is 7.54. The van der Waals surface area contributed by atoms with Crippen LogP contribution in [-0.4, -0.2) is 29.7 Å². The maximum atomic E-state index is 11.2. The Bertz CT molecular complexity index is 252. The van der Waals surface area contributed by atoms with Gasteiger partial charge in [-0.3, -0.25) is 9.59 Å². The fourth-order valence-corrected chi connectivity index (χ4v) is 4.48. The Balaban J connectivity index is 1.90. The minimum absolute atomic E-state index is 0.261. The molecule has 0 aromatic carbocycles. The Labute approximate surface area is 110 Å². The monoisotopic (exact) mass is 278 g/mol. The van der Waals surface area contributed by atoms with Gasteiger partial charge in [-0.15, -0.1) is 0 Å². The van der Waals surface area contributed by atoms with Crippen molar-refractivity contribution in [1.29, 1.82) is 0 Å². The van der Waals surface area contributed by atoms with Gasteiger partial charge in [-0.05, 0) is 19.3 Å². The predicted molar refractivity (Wildman–Crippen MR) is 69.6 cm³/mol. The molecule has 4 nitrogen and oxygen atoms in total. The highest BCUT2D eigenvalue weighted by Gasteiger charge is 2.15. The van der Waals surface area contributed by atoms with Gasteiger partial charge in [-0.25, -0.2) is 0 Å². The van der Waals surface area contributed by atoms with E-state index in [1.54, 1.807) is 0 Å². The molecule has 0 aliphatic carbocycles. The zero-order valence-electron chi connectivity index (χ0n) is 9.98. The summed E-state index contributed by atoms with van der Waals surface area (Å²) < 4.78 is 9.25. The van der Waals surface area contributed by atoms with Gasteiger partial charge in [-0.2, -0.15) is 0 Å². The van der Waals surface area contributed by atoms with Gasteiger partial charge in [0.1, 0.15) is 0 Å². The van der Waals surface area contributed by atoms with Crippen molar-refractivity contribution in [2.24, 2.45) is 0 Å². The van der Waals surface area contributed by atoms with E-state index in [0.717, 1.165) is 18.1 Å². The van der Waals surface area contributed by atoms with Crippen molar-refractivity contribution >= 4 is 33.5 Å². The highest BCUT2D eigenvalue weighted by molar-refractivity contribution is 8.77. The van der Waals surface area contributed by atoms with Crippen LogP contribution in [0.4, 0.5) is 0 Å². The first-order chi connectivity index (χ1) is 8.18. The molecule has 98 valence electrons. The SMILES string of the molecule is CC(=O)OCOC(=O)CCCCC1CCSS1. The molecule has 0 amide bonds. The molecule has 1 heterocycles. The molecule has 0 bridgehead atoms. The number of hydrogen-bond donors (Lipinski definition) is 0. The van der Waals surface area contributed by atoms with E-state index in [1.165, 1.54) is 25.5 Å². The first-order valence-corrected chi connectivity index (χ1v) is 8.14. The van der Waals surface area contributed by atoms with Crippen LogP contribution < -0.4 is 0 Å². The quantitative estimate of drug-likeness (QED) is 0.309. The van der Waals surface area contributed by atoms with Crippen molar-refractivity contribution in [2.45, 2.75) is 44.3 Å². The van der Waals surface area contributed by atoms with E-state index in [0.29, 0.717) is 6.42 Å². The molecule has 1 unspecified atom stereocenters. The topological polar surface area (TPSA) is 52.6 Å². The Morgan fingerprint density at radius 2 is 2.12 bits per heavy atom. The molecule has 6 heteroatoms. The Morgan fingerprint density at radius 3 is 2.76 bits per heavy atom. The summed E-state index contributed by atoms with van der Waals surface area (Å²) in [7, 11) is 3.90. The third-order valence-electron chi connectivity index (χ3n) is 2.37. The normalized spacial score (nSPS) is 19.0. The number of ether oxygens (including phenoxy) is 2. The van der Waals surface area contributed by atoms with E-state index in [1.807, 2.05) is 21.6 Å². The fraction of sp³-hybridized carbons (Fsp3) is 0.818. The van der Waals surface area contributed by atoms with Crippen LogP contribution in [0, 0.1) is 0 Å². The zero-order chi connectivity index (χ0) is 12.5. The van der Waals surface area contributed by atoms with E-state index in [9.17, 15) is 9.59 Å². The molecule has 0 saturated carbocycles. The van der Waals surface area contributed by atoms with Crippen LogP contribution in [0.25, 0.3) is 0 Å². The van der Waals surface area contributed by atoms with Crippen molar-refractivity contribution < 1.29 is 19.1 Å². The lowest BCUT2D eigenvalue weighted by atomic mass is 10.1. The molecule has 0 radical (unpaired) electrons. The molecule has 0 aromatic rings. The summed E-state index contributed by atoms with van der Waals surface area (Å²) >= 11 is 0. The van der Waals surface area contributed by atoms with Crippen molar-refractivity contribution in [2.75, 3.05) is 12.5 Å². The van der Waals surface area contributed by atoms with Gasteiger partial charge in [0.05, 0.1) is 0 Å².